The minimum atomic E-state index is -0.397. The second-order valence-electron chi connectivity index (χ2n) is 5.30. The summed E-state index contributed by atoms with van der Waals surface area (Å²) in [6, 6.07) is 0. The monoisotopic (exact) mass is 254 g/mol. The fourth-order valence-corrected chi connectivity index (χ4v) is 3.23. The Morgan fingerprint density at radius 2 is 2.11 bits per heavy atom. The van der Waals surface area contributed by atoms with Crippen molar-refractivity contribution in [1.29, 1.82) is 0 Å². The molecule has 100 valence electrons. The van der Waals surface area contributed by atoms with Crippen LogP contribution in [0.3, 0.4) is 0 Å². The molecule has 0 aliphatic carbocycles. The lowest BCUT2D eigenvalue weighted by molar-refractivity contribution is -0.164. The van der Waals surface area contributed by atoms with E-state index in [1.807, 2.05) is 13.8 Å². The van der Waals surface area contributed by atoms with Crippen LogP contribution in [0.4, 0.5) is 0 Å². The maximum Gasteiger partial charge on any atom is 0.312 e. The van der Waals surface area contributed by atoms with Crippen molar-refractivity contribution in [3.05, 3.63) is 0 Å². The topological polar surface area (TPSA) is 61.8 Å². The Hall–Kier alpha value is -1.10. The van der Waals surface area contributed by atoms with E-state index < -0.39 is 6.10 Å². The summed E-state index contributed by atoms with van der Waals surface area (Å²) in [4.78, 5) is 23.5. The zero-order valence-electron chi connectivity index (χ0n) is 10.6. The third kappa shape index (κ3) is 1.56. The number of rotatable bonds is 4. The Labute approximate surface area is 106 Å². The van der Waals surface area contributed by atoms with Gasteiger partial charge in [-0.05, 0) is 19.3 Å². The summed E-state index contributed by atoms with van der Waals surface area (Å²) in [5.41, 5.74) is 0. The van der Waals surface area contributed by atoms with Gasteiger partial charge in [-0.3, -0.25) is 9.59 Å². The molecule has 5 heteroatoms. The highest BCUT2D eigenvalue weighted by molar-refractivity contribution is 5.78. The predicted octanol–water partition coefficient (Wildman–Crippen LogP) is 1.05. The van der Waals surface area contributed by atoms with Gasteiger partial charge in [0.15, 0.2) is 12.2 Å². The summed E-state index contributed by atoms with van der Waals surface area (Å²) >= 11 is 0. The first-order valence-electron chi connectivity index (χ1n) is 6.72. The lowest BCUT2D eigenvalue weighted by Crippen LogP contribution is -2.41. The molecule has 3 rings (SSSR count). The zero-order chi connectivity index (χ0) is 12.9. The van der Waals surface area contributed by atoms with E-state index in [-0.39, 0.29) is 42.1 Å². The molecule has 0 amide bonds. The van der Waals surface area contributed by atoms with Gasteiger partial charge in [-0.2, -0.15) is 0 Å². The molecule has 3 heterocycles. The molecule has 18 heavy (non-hydrogen) atoms. The molecule has 0 N–H and O–H groups in total. The van der Waals surface area contributed by atoms with Crippen LogP contribution in [0.15, 0.2) is 0 Å². The molecule has 0 saturated carbocycles. The molecule has 3 saturated heterocycles. The zero-order valence-corrected chi connectivity index (χ0v) is 10.6. The second kappa shape index (κ2) is 4.23. The molecule has 0 spiro atoms. The van der Waals surface area contributed by atoms with Gasteiger partial charge in [-0.25, -0.2) is 0 Å². The van der Waals surface area contributed by atoms with Gasteiger partial charge >= 0.3 is 11.9 Å². The number of carbonyl (C=O) groups is 2. The molecule has 0 aromatic carbocycles. The van der Waals surface area contributed by atoms with Crippen LogP contribution < -0.4 is 0 Å². The van der Waals surface area contributed by atoms with Crippen LogP contribution in [-0.4, -0.2) is 36.4 Å². The van der Waals surface area contributed by atoms with Crippen LogP contribution in [-0.2, 0) is 23.8 Å². The van der Waals surface area contributed by atoms with Gasteiger partial charge in [0.1, 0.15) is 6.10 Å². The molecule has 3 aliphatic heterocycles. The Morgan fingerprint density at radius 3 is 2.78 bits per heavy atom. The van der Waals surface area contributed by atoms with Gasteiger partial charge in [0.05, 0.1) is 17.9 Å². The number of carbonyl (C=O) groups excluding carboxylic acids is 2. The first-order valence-corrected chi connectivity index (χ1v) is 6.72. The summed E-state index contributed by atoms with van der Waals surface area (Å²) in [7, 11) is 0. The van der Waals surface area contributed by atoms with Crippen LogP contribution >= 0.6 is 0 Å². The van der Waals surface area contributed by atoms with E-state index in [4.69, 9.17) is 14.2 Å². The van der Waals surface area contributed by atoms with Crippen molar-refractivity contribution in [3.63, 3.8) is 0 Å². The predicted molar refractivity (Wildman–Crippen MR) is 60.6 cm³/mol. The normalized spacial score (nSPS) is 40.4. The lowest BCUT2D eigenvalue weighted by atomic mass is 9.88. The maximum absolute atomic E-state index is 12.0. The highest BCUT2D eigenvalue weighted by atomic mass is 16.7. The van der Waals surface area contributed by atoms with Crippen molar-refractivity contribution in [2.24, 2.45) is 11.8 Å². The molecule has 5 nitrogen and oxygen atoms in total. The Balaban J connectivity index is 1.68. The van der Waals surface area contributed by atoms with Crippen LogP contribution in [0.2, 0.25) is 0 Å². The Kier molecular flexibility index (Phi) is 2.81. The van der Waals surface area contributed by atoms with Crippen molar-refractivity contribution < 1.29 is 23.8 Å². The van der Waals surface area contributed by atoms with Gasteiger partial charge in [0.2, 0.25) is 0 Å². The number of hydrogen-bond donors (Lipinski definition) is 0. The number of ether oxygens (including phenoxy) is 3. The van der Waals surface area contributed by atoms with Gasteiger partial charge < -0.3 is 14.2 Å². The van der Waals surface area contributed by atoms with E-state index in [1.165, 1.54) is 0 Å². The molecular weight excluding hydrogens is 236 g/mol. The minimum absolute atomic E-state index is 0.0722. The molecular formula is C13H18O5. The molecule has 0 aromatic heterocycles. The third-order valence-corrected chi connectivity index (χ3v) is 4.35. The molecule has 5 unspecified atom stereocenters. The highest BCUT2D eigenvalue weighted by Gasteiger charge is 2.65. The maximum atomic E-state index is 12.0. The van der Waals surface area contributed by atoms with E-state index >= 15 is 0 Å². The number of esters is 2. The fraction of sp³-hybridized carbons (Fsp3) is 0.846. The quantitative estimate of drug-likeness (QED) is 0.702. The van der Waals surface area contributed by atoms with Gasteiger partial charge in [0.25, 0.3) is 0 Å². The first kappa shape index (κ1) is 12.0. The van der Waals surface area contributed by atoms with Crippen molar-refractivity contribution in [2.75, 3.05) is 0 Å². The second-order valence-corrected chi connectivity index (χ2v) is 5.30. The van der Waals surface area contributed by atoms with E-state index in [0.29, 0.717) is 6.42 Å². The lowest BCUT2D eigenvalue weighted by Gasteiger charge is -2.24. The summed E-state index contributed by atoms with van der Waals surface area (Å²) in [5.74, 6) is -0.602. The Bertz CT molecular complexity index is 376. The van der Waals surface area contributed by atoms with Crippen LogP contribution in [0.25, 0.3) is 0 Å². The summed E-state index contributed by atoms with van der Waals surface area (Å²) < 4.78 is 16.5. The van der Waals surface area contributed by atoms with E-state index in [2.05, 4.69) is 0 Å². The summed E-state index contributed by atoms with van der Waals surface area (Å²) in [6.07, 6.45) is 1.04. The van der Waals surface area contributed by atoms with Crippen LogP contribution in [0, 0.1) is 11.8 Å². The van der Waals surface area contributed by atoms with Crippen molar-refractivity contribution >= 4 is 11.9 Å². The summed E-state index contributed by atoms with van der Waals surface area (Å²) in [6.45, 7) is 3.94. The standard InChI is InChI=1S/C13H18O5/c1-3-6(4-2)12(14)17-10-8-5-7-9(16-8)11(10)18-13(7)15/h6-11H,3-5H2,1-2H3. The van der Waals surface area contributed by atoms with Crippen molar-refractivity contribution in [1.82, 2.24) is 0 Å². The molecule has 3 aliphatic rings. The highest BCUT2D eigenvalue weighted by Crippen LogP contribution is 2.47. The van der Waals surface area contributed by atoms with Crippen molar-refractivity contribution in [3.8, 4) is 0 Å². The minimum Gasteiger partial charge on any atom is -0.455 e. The SMILES string of the molecule is CCC(CC)C(=O)OC1C2CC3C(=O)OC1C3O2. The third-order valence-electron chi connectivity index (χ3n) is 4.35. The van der Waals surface area contributed by atoms with E-state index in [1.54, 1.807) is 0 Å². The fourth-order valence-electron chi connectivity index (χ4n) is 3.23. The van der Waals surface area contributed by atoms with Crippen LogP contribution in [0.1, 0.15) is 33.1 Å². The molecule has 3 fully saturated rings. The largest absolute Gasteiger partial charge is 0.455 e. The average Bonchev–Trinajstić information content (AvgIpc) is 2.95. The van der Waals surface area contributed by atoms with Crippen molar-refractivity contribution in [2.45, 2.75) is 57.5 Å². The van der Waals surface area contributed by atoms with E-state index in [0.717, 1.165) is 12.8 Å². The average molecular weight is 254 g/mol. The van der Waals surface area contributed by atoms with Crippen LogP contribution in [0.5, 0.6) is 0 Å². The summed E-state index contributed by atoms with van der Waals surface area (Å²) in [5, 5.41) is 0. The van der Waals surface area contributed by atoms with Gasteiger partial charge in [-0.15, -0.1) is 0 Å². The van der Waals surface area contributed by atoms with Gasteiger partial charge in [0, 0.05) is 0 Å². The number of hydrogen-bond acceptors (Lipinski definition) is 5. The molecule has 0 radical (unpaired) electrons. The first-order chi connectivity index (χ1) is 8.65. The number of fused-ring (bicyclic) bond motifs is 1. The van der Waals surface area contributed by atoms with E-state index in [9.17, 15) is 9.59 Å². The Morgan fingerprint density at radius 1 is 1.39 bits per heavy atom. The van der Waals surface area contributed by atoms with Gasteiger partial charge in [-0.1, -0.05) is 13.8 Å². The molecule has 2 bridgehead atoms. The smallest absolute Gasteiger partial charge is 0.312 e. The molecule has 0 aromatic rings. The molecule has 5 atom stereocenters.